The predicted molar refractivity (Wildman–Crippen MR) is 86.6 cm³/mol. The summed E-state index contributed by atoms with van der Waals surface area (Å²) in [5.74, 6) is 0.783. The number of thiophene rings is 1. The van der Waals surface area contributed by atoms with E-state index in [0.29, 0.717) is 6.04 Å². The van der Waals surface area contributed by atoms with Gasteiger partial charge in [-0.15, -0.1) is 11.3 Å². The minimum Gasteiger partial charge on any atom is -0.478 e. The average Bonchev–Trinajstić information content (AvgIpc) is 2.89. The number of para-hydroxylation sites is 1. The van der Waals surface area contributed by atoms with Gasteiger partial charge < -0.3 is 10.1 Å². The largest absolute Gasteiger partial charge is 0.478 e. The van der Waals surface area contributed by atoms with Crippen LogP contribution in [0.25, 0.3) is 0 Å². The normalized spacial score (nSPS) is 11.9. The minimum absolute atomic E-state index is 0.0844. The maximum Gasteiger partial charge on any atom is 0.174 e. The van der Waals surface area contributed by atoms with E-state index in [4.69, 9.17) is 10.00 Å². The fourth-order valence-electron chi connectivity index (χ4n) is 2.15. The number of aryl methyl sites for hydroxylation is 1. The van der Waals surface area contributed by atoms with Crippen molar-refractivity contribution in [1.82, 2.24) is 5.32 Å². The van der Waals surface area contributed by atoms with Gasteiger partial charge in [-0.25, -0.2) is 0 Å². The standard InChI is InChI=1S/C17H20N2OS/c1-13(11-16-8-7-14(2)21-16)19-12-15-5-3-4-6-17(15)20-10-9-18/h3-8,13,19H,10-12H2,1-2H3. The molecule has 4 heteroatoms. The summed E-state index contributed by atoms with van der Waals surface area (Å²) >= 11 is 1.85. The number of nitrogens with zero attached hydrogens (tertiary/aromatic N) is 1. The molecule has 0 amide bonds. The van der Waals surface area contributed by atoms with Crippen LogP contribution < -0.4 is 10.1 Å². The van der Waals surface area contributed by atoms with Gasteiger partial charge >= 0.3 is 0 Å². The highest BCUT2D eigenvalue weighted by molar-refractivity contribution is 7.11. The van der Waals surface area contributed by atoms with Gasteiger partial charge in [-0.3, -0.25) is 0 Å². The van der Waals surface area contributed by atoms with Crippen molar-refractivity contribution in [2.24, 2.45) is 0 Å². The van der Waals surface area contributed by atoms with Crippen molar-refractivity contribution in [1.29, 1.82) is 5.26 Å². The number of nitriles is 1. The molecular weight excluding hydrogens is 280 g/mol. The monoisotopic (exact) mass is 300 g/mol. The van der Waals surface area contributed by atoms with Crippen LogP contribution in [0.15, 0.2) is 36.4 Å². The molecule has 1 aromatic heterocycles. The fraction of sp³-hybridized carbons (Fsp3) is 0.353. The lowest BCUT2D eigenvalue weighted by molar-refractivity contribution is 0.361. The number of hydrogen-bond donors (Lipinski definition) is 1. The Morgan fingerprint density at radius 3 is 2.81 bits per heavy atom. The second-order valence-corrected chi connectivity index (χ2v) is 6.43. The quantitative estimate of drug-likeness (QED) is 0.848. The first-order valence-electron chi connectivity index (χ1n) is 7.05. The molecule has 0 radical (unpaired) electrons. The molecule has 110 valence electrons. The highest BCUT2D eigenvalue weighted by Crippen LogP contribution is 2.19. The molecule has 2 rings (SSSR count). The van der Waals surface area contributed by atoms with Gasteiger partial charge in [0.1, 0.15) is 11.8 Å². The molecule has 0 fully saturated rings. The molecule has 21 heavy (non-hydrogen) atoms. The van der Waals surface area contributed by atoms with Crippen molar-refractivity contribution in [3.05, 3.63) is 51.7 Å². The summed E-state index contributed by atoms with van der Waals surface area (Å²) in [6.45, 7) is 5.15. The molecule has 1 N–H and O–H groups in total. The highest BCUT2D eigenvalue weighted by Gasteiger charge is 2.07. The molecule has 0 spiro atoms. The number of benzene rings is 1. The maximum atomic E-state index is 8.61. The molecule has 0 aliphatic carbocycles. The topological polar surface area (TPSA) is 45.0 Å². The molecule has 1 heterocycles. The molecule has 0 aliphatic heterocycles. The van der Waals surface area contributed by atoms with E-state index in [-0.39, 0.29) is 6.61 Å². The minimum atomic E-state index is 0.0844. The van der Waals surface area contributed by atoms with Gasteiger partial charge in [0.05, 0.1) is 0 Å². The molecule has 0 saturated heterocycles. The molecule has 0 saturated carbocycles. The van der Waals surface area contributed by atoms with Gasteiger partial charge in [0.25, 0.3) is 0 Å². The van der Waals surface area contributed by atoms with Gasteiger partial charge in [-0.2, -0.15) is 5.26 Å². The number of ether oxygens (including phenoxy) is 1. The van der Waals surface area contributed by atoms with Crippen molar-refractivity contribution < 1.29 is 4.74 Å². The third kappa shape index (κ3) is 4.89. The zero-order chi connectivity index (χ0) is 15.1. The van der Waals surface area contributed by atoms with Crippen molar-refractivity contribution in [3.8, 4) is 11.8 Å². The Balaban J connectivity index is 1.89. The first-order valence-corrected chi connectivity index (χ1v) is 7.87. The van der Waals surface area contributed by atoms with Crippen molar-refractivity contribution in [2.45, 2.75) is 32.9 Å². The lowest BCUT2D eigenvalue weighted by Crippen LogP contribution is -2.27. The second kappa shape index (κ2) is 7.82. The van der Waals surface area contributed by atoms with Gasteiger partial charge in [0, 0.05) is 27.9 Å². The van der Waals surface area contributed by atoms with Gasteiger partial charge in [0.15, 0.2) is 6.61 Å². The van der Waals surface area contributed by atoms with Crippen LogP contribution in [0.3, 0.4) is 0 Å². The Morgan fingerprint density at radius 1 is 1.29 bits per heavy atom. The average molecular weight is 300 g/mol. The Kier molecular flexibility index (Phi) is 5.79. The number of hydrogen-bond acceptors (Lipinski definition) is 4. The molecule has 2 aromatic rings. The van der Waals surface area contributed by atoms with Gasteiger partial charge in [-0.1, -0.05) is 18.2 Å². The van der Waals surface area contributed by atoms with E-state index in [2.05, 4.69) is 31.3 Å². The van der Waals surface area contributed by atoms with Crippen LogP contribution in [-0.2, 0) is 13.0 Å². The van der Waals surface area contributed by atoms with Crippen LogP contribution in [0.5, 0.6) is 5.75 Å². The van der Waals surface area contributed by atoms with Crippen molar-refractivity contribution >= 4 is 11.3 Å². The Labute approximate surface area is 130 Å². The SMILES string of the molecule is Cc1ccc(CC(C)NCc2ccccc2OCC#N)s1. The first-order chi connectivity index (χ1) is 10.2. The summed E-state index contributed by atoms with van der Waals surface area (Å²) in [7, 11) is 0. The fourth-order valence-corrected chi connectivity index (χ4v) is 3.17. The molecule has 1 aromatic carbocycles. The lowest BCUT2D eigenvalue weighted by Gasteiger charge is -2.15. The predicted octanol–water partition coefficient (Wildman–Crippen LogP) is 3.68. The van der Waals surface area contributed by atoms with E-state index in [0.717, 1.165) is 24.3 Å². The molecular formula is C17H20N2OS. The summed E-state index contributed by atoms with van der Waals surface area (Å²) in [5.41, 5.74) is 1.09. The van der Waals surface area contributed by atoms with Gasteiger partial charge in [-0.05, 0) is 38.5 Å². The number of rotatable bonds is 7. The number of nitrogens with one attached hydrogen (secondary N) is 1. The summed E-state index contributed by atoms with van der Waals surface area (Å²) in [5, 5.41) is 12.1. The van der Waals surface area contributed by atoms with E-state index in [1.54, 1.807) is 0 Å². The lowest BCUT2D eigenvalue weighted by atomic mass is 10.1. The smallest absolute Gasteiger partial charge is 0.174 e. The summed E-state index contributed by atoms with van der Waals surface area (Å²) in [6, 6.07) is 14.6. The van der Waals surface area contributed by atoms with Gasteiger partial charge in [0.2, 0.25) is 0 Å². The Bertz CT molecular complexity index is 615. The van der Waals surface area contributed by atoms with Crippen LogP contribution in [0, 0.1) is 18.3 Å². The molecule has 1 unspecified atom stereocenters. The zero-order valence-corrected chi connectivity index (χ0v) is 13.2. The molecule has 3 nitrogen and oxygen atoms in total. The Morgan fingerprint density at radius 2 is 2.10 bits per heavy atom. The third-order valence-electron chi connectivity index (χ3n) is 3.21. The van der Waals surface area contributed by atoms with Crippen LogP contribution in [0.1, 0.15) is 22.2 Å². The van der Waals surface area contributed by atoms with E-state index in [1.165, 1.54) is 9.75 Å². The Hall–Kier alpha value is -1.83. The zero-order valence-electron chi connectivity index (χ0n) is 12.4. The summed E-state index contributed by atoms with van der Waals surface area (Å²) < 4.78 is 5.44. The summed E-state index contributed by atoms with van der Waals surface area (Å²) in [6.07, 6.45) is 1.03. The second-order valence-electron chi connectivity index (χ2n) is 5.05. The first kappa shape index (κ1) is 15.6. The van der Waals surface area contributed by atoms with E-state index < -0.39 is 0 Å². The van der Waals surface area contributed by atoms with Crippen LogP contribution >= 0.6 is 11.3 Å². The van der Waals surface area contributed by atoms with Crippen molar-refractivity contribution in [2.75, 3.05) is 6.61 Å². The van der Waals surface area contributed by atoms with Crippen LogP contribution in [0.4, 0.5) is 0 Å². The molecule has 0 aliphatic rings. The maximum absolute atomic E-state index is 8.61. The molecule has 1 atom stereocenters. The highest BCUT2D eigenvalue weighted by atomic mass is 32.1. The van der Waals surface area contributed by atoms with E-state index in [9.17, 15) is 0 Å². The third-order valence-corrected chi connectivity index (χ3v) is 4.23. The van der Waals surface area contributed by atoms with E-state index in [1.807, 2.05) is 41.7 Å². The summed E-state index contributed by atoms with van der Waals surface area (Å²) in [4.78, 5) is 2.76. The van der Waals surface area contributed by atoms with Crippen molar-refractivity contribution in [3.63, 3.8) is 0 Å². The van der Waals surface area contributed by atoms with Crippen LogP contribution in [0.2, 0.25) is 0 Å². The van der Waals surface area contributed by atoms with Crippen LogP contribution in [-0.4, -0.2) is 12.6 Å². The van der Waals surface area contributed by atoms with E-state index >= 15 is 0 Å². The molecule has 0 bridgehead atoms.